The molecule has 2 aromatic rings. The second-order valence-electron chi connectivity index (χ2n) is 6.19. The standard InChI is InChI=1S/C20H25N3O2/c1-2-3-16-25-18-9-7-17(8-10-18)20(24)23-14-12-22(13-15-23)19-6-4-5-11-21-19/h4-11H,2-3,12-16H2,1H3. The van der Waals surface area contributed by atoms with Crippen LogP contribution in [0.2, 0.25) is 0 Å². The Hall–Kier alpha value is -2.56. The Balaban J connectivity index is 1.53. The molecule has 1 saturated heterocycles. The predicted octanol–water partition coefficient (Wildman–Crippen LogP) is 3.22. The number of nitrogens with zero attached hydrogens (tertiary/aromatic N) is 3. The maximum Gasteiger partial charge on any atom is 0.253 e. The van der Waals surface area contributed by atoms with Crippen LogP contribution < -0.4 is 9.64 Å². The highest BCUT2D eigenvalue weighted by Crippen LogP contribution is 2.17. The summed E-state index contributed by atoms with van der Waals surface area (Å²) in [5.74, 6) is 1.88. The number of benzene rings is 1. The number of ether oxygens (including phenoxy) is 1. The van der Waals surface area contributed by atoms with E-state index in [9.17, 15) is 4.79 Å². The van der Waals surface area contributed by atoms with E-state index in [1.165, 1.54) is 0 Å². The molecule has 1 aromatic carbocycles. The van der Waals surface area contributed by atoms with E-state index in [-0.39, 0.29) is 5.91 Å². The van der Waals surface area contributed by atoms with Crippen LogP contribution in [0.5, 0.6) is 5.75 Å². The fourth-order valence-corrected chi connectivity index (χ4v) is 2.89. The Bertz CT molecular complexity index is 665. The molecule has 3 rings (SSSR count). The van der Waals surface area contributed by atoms with Crippen molar-refractivity contribution in [3.8, 4) is 5.75 Å². The lowest BCUT2D eigenvalue weighted by molar-refractivity contribution is 0.0746. The molecule has 0 unspecified atom stereocenters. The fraction of sp³-hybridized carbons (Fsp3) is 0.400. The van der Waals surface area contributed by atoms with Crippen molar-refractivity contribution in [3.05, 3.63) is 54.2 Å². The highest BCUT2D eigenvalue weighted by atomic mass is 16.5. The molecule has 0 aliphatic carbocycles. The van der Waals surface area contributed by atoms with Gasteiger partial charge in [0.1, 0.15) is 11.6 Å². The summed E-state index contributed by atoms with van der Waals surface area (Å²) >= 11 is 0. The van der Waals surface area contributed by atoms with Gasteiger partial charge in [-0.15, -0.1) is 0 Å². The minimum absolute atomic E-state index is 0.0841. The van der Waals surface area contributed by atoms with Gasteiger partial charge in [0.15, 0.2) is 0 Å². The number of carbonyl (C=O) groups excluding carboxylic acids is 1. The number of hydrogen-bond acceptors (Lipinski definition) is 4. The van der Waals surface area contributed by atoms with Crippen molar-refractivity contribution in [1.82, 2.24) is 9.88 Å². The molecule has 1 amide bonds. The number of amides is 1. The van der Waals surface area contributed by atoms with Crippen LogP contribution >= 0.6 is 0 Å². The molecule has 0 spiro atoms. The molecule has 5 heteroatoms. The summed E-state index contributed by atoms with van der Waals surface area (Å²) in [7, 11) is 0. The number of pyridine rings is 1. The maximum atomic E-state index is 12.7. The van der Waals surface area contributed by atoms with Gasteiger partial charge in [-0.3, -0.25) is 4.79 Å². The van der Waals surface area contributed by atoms with E-state index in [0.717, 1.165) is 44.1 Å². The van der Waals surface area contributed by atoms with Gasteiger partial charge < -0.3 is 14.5 Å². The van der Waals surface area contributed by atoms with Crippen LogP contribution in [-0.4, -0.2) is 48.6 Å². The van der Waals surface area contributed by atoms with E-state index >= 15 is 0 Å². The highest BCUT2D eigenvalue weighted by Gasteiger charge is 2.22. The number of hydrogen-bond donors (Lipinski definition) is 0. The average Bonchev–Trinajstić information content (AvgIpc) is 2.69. The first kappa shape index (κ1) is 17.3. The first-order valence-electron chi connectivity index (χ1n) is 8.96. The smallest absolute Gasteiger partial charge is 0.253 e. The SMILES string of the molecule is CCCCOc1ccc(C(=O)N2CCN(c3ccccn3)CC2)cc1. The van der Waals surface area contributed by atoms with Gasteiger partial charge >= 0.3 is 0 Å². The summed E-state index contributed by atoms with van der Waals surface area (Å²) in [6.45, 7) is 5.90. The van der Waals surface area contributed by atoms with Gasteiger partial charge in [0, 0.05) is 37.9 Å². The molecule has 0 radical (unpaired) electrons. The van der Waals surface area contributed by atoms with Crippen LogP contribution in [0.15, 0.2) is 48.7 Å². The number of unbranched alkanes of at least 4 members (excludes halogenated alkanes) is 1. The van der Waals surface area contributed by atoms with E-state index in [1.54, 1.807) is 6.20 Å². The van der Waals surface area contributed by atoms with E-state index < -0.39 is 0 Å². The van der Waals surface area contributed by atoms with Gasteiger partial charge in [0.05, 0.1) is 6.61 Å². The third-order valence-electron chi connectivity index (χ3n) is 4.41. The van der Waals surface area contributed by atoms with Crippen LogP contribution in [0.1, 0.15) is 30.1 Å². The quantitative estimate of drug-likeness (QED) is 0.758. The van der Waals surface area contributed by atoms with Gasteiger partial charge in [-0.05, 0) is 42.8 Å². The molecule has 0 saturated carbocycles. The number of aromatic nitrogens is 1. The zero-order chi connectivity index (χ0) is 17.5. The molecule has 132 valence electrons. The molecule has 2 heterocycles. The fourth-order valence-electron chi connectivity index (χ4n) is 2.89. The molecule has 1 aliphatic heterocycles. The molecular weight excluding hydrogens is 314 g/mol. The Morgan fingerprint density at radius 3 is 2.48 bits per heavy atom. The Morgan fingerprint density at radius 1 is 1.08 bits per heavy atom. The molecular formula is C20H25N3O2. The third-order valence-corrected chi connectivity index (χ3v) is 4.41. The van der Waals surface area contributed by atoms with E-state index in [4.69, 9.17) is 4.74 Å². The van der Waals surface area contributed by atoms with Crippen LogP contribution in [0, 0.1) is 0 Å². The second-order valence-corrected chi connectivity index (χ2v) is 6.19. The highest BCUT2D eigenvalue weighted by molar-refractivity contribution is 5.94. The first-order chi connectivity index (χ1) is 12.3. The number of anilines is 1. The number of carbonyl (C=O) groups is 1. The maximum absolute atomic E-state index is 12.7. The molecule has 1 aromatic heterocycles. The topological polar surface area (TPSA) is 45.7 Å². The minimum Gasteiger partial charge on any atom is -0.494 e. The lowest BCUT2D eigenvalue weighted by Crippen LogP contribution is -2.49. The van der Waals surface area contributed by atoms with Gasteiger partial charge in [-0.1, -0.05) is 19.4 Å². The predicted molar refractivity (Wildman–Crippen MR) is 99.2 cm³/mol. The summed E-state index contributed by atoms with van der Waals surface area (Å²) in [6, 6.07) is 13.4. The zero-order valence-electron chi connectivity index (χ0n) is 14.7. The zero-order valence-corrected chi connectivity index (χ0v) is 14.7. The van der Waals surface area contributed by atoms with Crippen molar-refractivity contribution in [2.45, 2.75) is 19.8 Å². The lowest BCUT2D eigenvalue weighted by atomic mass is 10.1. The molecule has 5 nitrogen and oxygen atoms in total. The van der Waals surface area contributed by atoms with Crippen molar-refractivity contribution in [2.24, 2.45) is 0 Å². The molecule has 0 bridgehead atoms. The van der Waals surface area contributed by atoms with Crippen molar-refractivity contribution in [1.29, 1.82) is 0 Å². The average molecular weight is 339 g/mol. The van der Waals surface area contributed by atoms with Gasteiger partial charge in [0.25, 0.3) is 5.91 Å². The second kappa shape index (κ2) is 8.51. The third kappa shape index (κ3) is 4.50. The van der Waals surface area contributed by atoms with Gasteiger partial charge in [0.2, 0.25) is 0 Å². The van der Waals surface area contributed by atoms with Crippen LogP contribution in [0.4, 0.5) is 5.82 Å². The van der Waals surface area contributed by atoms with E-state index in [0.29, 0.717) is 18.7 Å². The van der Waals surface area contributed by atoms with E-state index in [1.807, 2.05) is 47.4 Å². The van der Waals surface area contributed by atoms with Crippen molar-refractivity contribution >= 4 is 11.7 Å². The normalized spacial score (nSPS) is 14.4. The molecule has 0 atom stereocenters. The lowest BCUT2D eigenvalue weighted by Gasteiger charge is -2.35. The molecule has 0 N–H and O–H groups in total. The monoisotopic (exact) mass is 339 g/mol. The van der Waals surface area contributed by atoms with Crippen molar-refractivity contribution in [2.75, 3.05) is 37.7 Å². The first-order valence-corrected chi connectivity index (χ1v) is 8.96. The van der Waals surface area contributed by atoms with Gasteiger partial charge in [-0.2, -0.15) is 0 Å². The van der Waals surface area contributed by atoms with Crippen molar-refractivity contribution in [3.63, 3.8) is 0 Å². The molecule has 1 fully saturated rings. The van der Waals surface area contributed by atoms with Crippen LogP contribution in [0.25, 0.3) is 0 Å². The minimum atomic E-state index is 0.0841. The Morgan fingerprint density at radius 2 is 1.84 bits per heavy atom. The summed E-state index contributed by atoms with van der Waals surface area (Å²) in [5.41, 5.74) is 0.717. The summed E-state index contributed by atoms with van der Waals surface area (Å²) in [5, 5.41) is 0. The summed E-state index contributed by atoms with van der Waals surface area (Å²) < 4.78 is 5.65. The van der Waals surface area contributed by atoms with Crippen LogP contribution in [0.3, 0.4) is 0 Å². The summed E-state index contributed by atoms with van der Waals surface area (Å²) in [4.78, 5) is 21.2. The molecule has 1 aliphatic rings. The van der Waals surface area contributed by atoms with Gasteiger partial charge in [-0.25, -0.2) is 4.98 Å². The van der Waals surface area contributed by atoms with Crippen LogP contribution in [-0.2, 0) is 0 Å². The molecule has 25 heavy (non-hydrogen) atoms. The number of rotatable bonds is 6. The Kier molecular flexibility index (Phi) is 5.88. The van der Waals surface area contributed by atoms with E-state index in [2.05, 4.69) is 16.8 Å². The largest absolute Gasteiger partial charge is 0.494 e. The van der Waals surface area contributed by atoms with Crippen molar-refractivity contribution < 1.29 is 9.53 Å². The Labute approximate surface area is 149 Å². The number of piperazine rings is 1. The summed E-state index contributed by atoms with van der Waals surface area (Å²) in [6.07, 6.45) is 3.96.